The Hall–Kier alpha value is -2.26. The molecule has 3 rings (SSSR count). The summed E-state index contributed by atoms with van der Waals surface area (Å²) in [6, 6.07) is 9.72. The standard InChI is InChI=1S/C18H18ClN3O4S/c19-16-6-4-15(21-18(23)7-5-14-3-1-2-8-20-14)13-17(16)27(24,25)22-9-11-26-12-10-22/h1-8,13H,9-12H2,(H,21,23)/b7-5+. The van der Waals surface area contributed by atoms with Crippen LogP contribution in [-0.2, 0) is 19.6 Å². The average molecular weight is 408 g/mol. The number of pyridine rings is 1. The highest BCUT2D eigenvalue weighted by atomic mass is 35.5. The number of hydrogen-bond acceptors (Lipinski definition) is 5. The lowest BCUT2D eigenvalue weighted by Crippen LogP contribution is -2.40. The molecule has 0 atom stereocenters. The zero-order chi connectivity index (χ0) is 19.3. The van der Waals surface area contributed by atoms with Gasteiger partial charge in [0.2, 0.25) is 15.9 Å². The molecule has 27 heavy (non-hydrogen) atoms. The number of nitrogens with zero attached hydrogens (tertiary/aromatic N) is 2. The maximum absolute atomic E-state index is 12.8. The van der Waals surface area contributed by atoms with Crippen LogP contribution in [0.5, 0.6) is 0 Å². The number of anilines is 1. The minimum absolute atomic E-state index is 0.0439. The third-order valence-electron chi connectivity index (χ3n) is 3.88. The van der Waals surface area contributed by atoms with Crippen LogP contribution >= 0.6 is 11.6 Å². The summed E-state index contributed by atoms with van der Waals surface area (Å²) in [5.41, 5.74) is 0.973. The van der Waals surface area contributed by atoms with E-state index in [9.17, 15) is 13.2 Å². The normalized spacial score (nSPS) is 15.7. The summed E-state index contributed by atoms with van der Waals surface area (Å²) < 4.78 is 32.1. The van der Waals surface area contributed by atoms with Crippen LogP contribution in [0, 0.1) is 0 Å². The molecule has 1 aliphatic rings. The summed E-state index contributed by atoms with van der Waals surface area (Å²) in [6.45, 7) is 1.21. The Morgan fingerprint density at radius 3 is 2.70 bits per heavy atom. The van der Waals surface area contributed by atoms with E-state index in [1.165, 1.54) is 22.5 Å². The molecule has 0 unspecified atom stereocenters. The van der Waals surface area contributed by atoms with E-state index in [2.05, 4.69) is 10.3 Å². The number of nitrogens with one attached hydrogen (secondary N) is 1. The number of benzene rings is 1. The van der Waals surface area contributed by atoms with Gasteiger partial charge in [0, 0.05) is 31.0 Å². The van der Waals surface area contributed by atoms with E-state index in [0.29, 0.717) is 24.6 Å². The van der Waals surface area contributed by atoms with Gasteiger partial charge in [-0.05, 0) is 36.4 Å². The molecule has 0 bridgehead atoms. The summed E-state index contributed by atoms with van der Waals surface area (Å²) in [5.74, 6) is -0.405. The minimum atomic E-state index is -3.76. The third kappa shape index (κ3) is 4.92. The summed E-state index contributed by atoms with van der Waals surface area (Å²) in [6.07, 6.45) is 4.52. The Morgan fingerprint density at radius 2 is 2.00 bits per heavy atom. The molecule has 2 aromatic rings. The van der Waals surface area contributed by atoms with Crippen molar-refractivity contribution in [3.63, 3.8) is 0 Å². The summed E-state index contributed by atoms with van der Waals surface area (Å²) >= 11 is 6.11. The van der Waals surface area contributed by atoms with Crippen molar-refractivity contribution in [3.05, 3.63) is 59.4 Å². The van der Waals surface area contributed by atoms with Crippen LogP contribution in [0.15, 0.2) is 53.6 Å². The maximum atomic E-state index is 12.8. The molecule has 142 valence electrons. The molecular weight excluding hydrogens is 390 g/mol. The molecule has 1 aromatic heterocycles. The molecule has 1 aliphatic heterocycles. The smallest absolute Gasteiger partial charge is 0.248 e. The Kier molecular flexibility index (Phi) is 6.22. The Balaban J connectivity index is 1.77. The van der Waals surface area contributed by atoms with Gasteiger partial charge in [-0.1, -0.05) is 17.7 Å². The largest absolute Gasteiger partial charge is 0.379 e. The van der Waals surface area contributed by atoms with Crippen molar-refractivity contribution < 1.29 is 17.9 Å². The maximum Gasteiger partial charge on any atom is 0.248 e. The number of rotatable bonds is 5. The van der Waals surface area contributed by atoms with Gasteiger partial charge in [0.05, 0.1) is 23.9 Å². The van der Waals surface area contributed by atoms with Crippen LogP contribution in [0.4, 0.5) is 5.69 Å². The van der Waals surface area contributed by atoms with Crippen molar-refractivity contribution in [1.82, 2.24) is 9.29 Å². The van der Waals surface area contributed by atoms with Gasteiger partial charge in [0.1, 0.15) is 4.90 Å². The zero-order valence-electron chi connectivity index (χ0n) is 14.3. The molecule has 1 N–H and O–H groups in total. The second-order valence-corrected chi connectivity index (χ2v) is 8.05. The number of carbonyl (C=O) groups is 1. The highest BCUT2D eigenvalue weighted by molar-refractivity contribution is 7.89. The molecule has 1 aromatic carbocycles. The predicted molar refractivity (Wildman–Crippen MR) is 103 cm³/mol. The topological polar surface area (TPSA) is 88.6 Å². The van der Waals surface area contributed by atoms with Gasteiger partial charge in [0.15, 0.2) is 0 Å². The van der Waals surface area contributed by atoms with E-state index in [-0.39, 0.29) is 23.0 Å². The van der Waals surface area contributed by atoms with E-state index in [0.717, 1.165) is 0 Å². The number of amides is 1. The first-order valence-electron chi connectivity index (χ1n) is 8.24. The molecular formula is C18H18ClN3O4S. The first-order chi connectivity index (χ1) is 13.0. The summed E-state index contributed by atoms with van der Waals surface area (Å²) in [4.78, 5) is 16.1. The zero-order valence-corrected chi connectivity index (χ0v) is 15.9. The van der Waals surface area contributed by atoms with Crippen LogP contribution in [-0.4, -0.2) is 49.9 Å². The quantitative estimate of drug-likeness (QED) is 0.769. The van der Waals surface area contributed by atoms with Crippen LogP contribution in [0.25, 0.3) is 6.08 Å². The fourth-order valence-electron chi connectivity index (χ4n) is 2.52. The molecule has 2 heterocycles. The number of aromatic nitrogens is 1. The highest BCUT2D eigenvalue weighted by Crippen LogP contribution is 2.28. The van der Waals surface area contributed by atoms with E-state index in [1.807, 2.05) is 6.07 Å². The third-order valence-corrected chi connectivity index (χ3v) is 6.26. The number of sulfonamides is 1. The SMILES string of the molecule is O=C(/C=C/c1ccccn1)Nc1ccc(Cl)c(S(=O)(=O)N2CCOCC2)c1. The van der Waals surface area contributed by atoms with Gasteiger partial charge in [-0.2, -0.15) is 4.31 Å². The molecule has 0 spiro atoms. The number of ether oxygens (including phenoxy) is 1. The van der Waals surface area contributed by atoms with Crippen LogP contribution < -0.4 is 5.32 Å². The van der Waals surface area contributed by atoms with E-state index in [1.54, 1.807) is 30.5 Å². The molecule has 0 saturated carbocycles. The molecule has 1 amide bonds. The predicted octanol–water partition coefficient (Wildman–Crippen LogP) is 2.41. The molecule has 0 radical (unpaired) electrons. The Labute approximate surface area is 162 Å². The first-order valence-corrected chi connectivity index (χ1v) is 10.1. The fourth-order valence-corrected chi connectivity index (χ4v) is 4.43. The monoisotopic (exact) mass is 407 g/mol. The fraction of sp³-hybridized carbons (Fsp3) is 0.222. The molecule has 1 saturated heterocycles. The van der Waals surface area contributed by atoms with Crippen molar-refractivity contribution in [3.8, 4) is 0 Å². The number of carbonyl (C=O) groups excluding carboxylic acids is 1. The Morgan fingerprint density at radius 1 is 1.22 bits per heavy atom. The van der Waals surface area contributed by atoms with Gasteiger partial charge >= 0.3 is 0 Å². The summed E-state index contributed by atoms with van der Waals surface area (Å²) in [7, 11) is -3.76. The van der Waals surface area contributed by atoms with Crippen molar-refractivity contribution >= 4 is 39.3 Å². The van der Waals surface area contributed by atoms with Crippen molar-refractivity contribution in [2.45, 2.75) is 4.90 Å². The van der Waals surface area contributed by atoms with Gasteiger partial charge in [0.25, 0.3) is 0 Å². The average Bonchev–Trinajstić information content (AvgIpc) is 2.69. The van der Waals surface area contributed by atoms with Crippen LogP contribution in [0.1, 0.15) is 5.69 Å². The number of halogens is 1. The molecule has 0 aliphatic carbocycles. The lowest BCUT2D eigenvalue weighted by molar-refractivity contribution is -0.111. The lowest BCUT2D eigenvalue weighted by Gasteiger charge is -2.26. The Bertz CT molecular complexity index is 942. The first kappa shape index (κ1) is 19.5. The highest BCUT2D eigenvalue weighted by Gasteiger charge is 2.28. The van der Waals surface area contributed by atoms with Crippen molar-refractivity contribution in [1.29, 1.82) is 0 Å². The van der Waals surface area contributed by atoms with E-state index in [4.69, 9.17) is 16.3 Å². The minimum Gasteiger partial charge on any atom is -0.379 e. The lowest BCUT2D eigenvalue weighted by atomic mass is 10.3. The second kappa shape index (κ2) is 8.62. The van der Waals surface area contributed by atoms with Crippen molar-refractivity contribution in [2.24, 2.45) is 0 Å². The van der Waals surface area contributed by atoms with Gasteiger partial charge in [-0.25, -0.2) is 8.42 Å². The summed E-state index contributed by atoms with van der Waals surface area (Å²) in [5, 5.41) is 2.74. The van der Waals surface area contributed by atoms with Gasteiger partial charge in [-0.15, -0.1) is 0 Å². The molecule has 9 heteroatoms. The van der Waals surface area contributed by atoms with E-state index < -0.39 is 15.9 Å². The number of morpholine rings is 1. The molecule has 1 fully saturated rings. The van der Waals surface area contributed by atoms with Crippen molar-refractivity contribution in [2.75, 3.05) is 31.6 Å². The van der Waals surface area contributed by atoms with Crippen LogP contribution in [0.2, 0.25) is 5.02 Å². The second-order valence-electron chi connectivity index (χ2n) is 5.74. The van der Waals surface area contributed by atoms with E-state index >= 15 is 0 Å². The van der Waals surface area contributed by atoms with Gasteiger partial charge < -0.3 is 10.1 Å². The molecule has 7 nitrogen and oxygen atoms in total. The number of hydrogen-bond donors (Lipinski definition) is 1. The van der Waals surface area contributed by atoms with Crippen LogP contribution in [0.3, 0.4) is 0 Å². The van der Waals surface area contributed by atoms with Gasteiger partial charge in [-0.3, -0.25) is 9.78 Å².